The minimum absolute atomic E-state index is 0.0586. The molecule has 13 heavy (non-hydrogen) atoms. The molecule has 0 aliphatic rings. The van der Waals surface area contributed by atoms with E-state index in [-0.39, 0.29) is 17.9 Å². The molecule has 0 aliphatic carbocycles. The van der Waals surface area contributed by atoms with E-state index in [2.05, 4.69) is 0 Å². The van der Waals surface area contributed by atoms with Crippen LogP contribution in [0.4, 0.5) is 4.39 Å². The van der Waals surface area contributed by atoms with Gasteiger partial charge in [-0.05, 0) is 24.6 Å². The number of benzene rings is 1. The summed E-state index contributed by atoms with van der Waals surface area (Å²) >= 11 is 0. The molecule has 1 aromatic carbocycles. The van der Waals surface area contributed by atoms with Crippen LogP contribution in [-0.4, -0.2) is 10.3 Å². The number of phenols is 1. The van der Waals surface area contributed by atoms with Gasteiger partial charge in [-0.3, -0.25) is 0 Å². The molecular formula is C9H12FNO2. The fourth-order valence-electron chi connectivity index (χ4n) is 1.12. The van der Waals surface area contributed by atoms with Crippen LogP contribution in [0.1, 0.15) is 24.2 Å². The Morgan fingerprint density at radius 3 is 2.77 bits per heavy atom. The lowest BCUT2D eigenvalue weighted by molar-refractivity contribution is 0.161. The van der Waals surface area contributed by atoms with Crippen LogP contribution in [-0.2, 0) is 6.54 Å². The van der Waals surface area contributed by atoms with Crippen molar-refractivity contribution in [1.29, 1.82) is 0 Å². The van der Waals surface area contributed by atoms with Crippen LogP contribution in [0.25, 0.3) is 0 Å². The molecule has 0 amide bonds. The van der Waals surface area contributed by atoms with E-state index in [1.54, 1.807) is 6.07 Å². The molecule has 0 saturated heterocycles. The van der Waals surface area contributed by atoms with Crippen LogP contribution in [0.2, 0.25) is 0 Å². The average Bonchev–Trinajstić information content (AvgIpc) is 2.08. The smallest absolute Gasteiger partial charge is 0.126 e. The Morgan fingerprint density at radius 2 is 2.23 bits per heavy atom. The first-order valence-corrected chi connectivity index (χ1v) is 3.98. The molecule has 0 heterocycles. The van der Waals surface area contributed by atoms with Gasteiger partial charge in [-0.15, -0.1) is 0 Å². The van der Waals surface area contributed by atoms with Crippen molar-refractivity contribution in [2.75, 3.05) is 0 Å². The zero-order valence-electron chi connectivity index (χ0n) is 7.29. The number of nitrogens with one attached hydrogen (secondary N) is 1. The van der Waals surface area contributed by atoms with Crippen LogP contribution >= 0.6 is 0 Å². The summed E-state index contributed by atoms with van der Waals surface area (Å²) in [6.45, 7) is 1.59. The van der Waals surface area contributed by atoms with Gasteiger partial charge in [0, 0.05) is 12.1 Å². The summed E-state index contributed by atoms with van der Waals surface area (Å²) in [5.41, 5.74) is 2.93. The molecule has 3 nitrogen and oxygen atoms in total. The highest BCUT2D eigenvalue weighted by Gasteiger charge is 2.09. The Labute approximate surface area is 75.8 Å². The Balaban J connectivity index is 2.97. The second kappa shape index (κ2) is 4.20. The average molecular weight is 185 g/mol. The summed E-state index contributed by atoms with van der Waals surface area (Å²) in [5, 5.41) is 17.7. The summed E-state index contributed by atoms with van der Waals surface area (Å²) < 4.78 is 12.9. The summed E-state index contributed by atoms with van der Waals surface area (Å²) in [7, 11) is 0. The standard InChI is InChI=1S/C9H12FNO2/c1-6(10)8-4-7(5-11-13)2-3-9(8)12/h2-4,6,11-13H,5H2,1H3. The zero-order chi connectivity index (χ0) is 9.84. The Bertz CT molecular complexity index is 289. The Hall–Kier alpha value is -1.13. The molecular weight excluding hydrogens is 173 g/mol. The third-order valence-corrected chi connectivity index (χ3v) is 1.80. The molecule has 0 fully saturated rings. The molecule has 0 radical (unpaired) electrons. The van der Waals surface area contributed by atoms with E-state index in [0.29, 0.717) is 0 Å². The third kappa shape index (κ3) is 2.40. The number of rotatable bonds is 3. The summed E-state index contributed by atoms with van der Waals surface area (Å²) in [4.78, 5) is 0. The van der Waals surface area contributed by atoms with Crippen LogP contribution in [0.5, 0.6) is 5.75 Å². The van der Waals surface area contributed by atoms with Crippen molar-refractivity contribution >= 4 is 0 Å². The van der Waals surface area contributed by atoms with Crippen molar-refractivity contribution in [2.45, 2.75) is 19.6 Å². The van der Waals surface area contributed by atoms with Crippen molar-refractivity contribution in [1.82, 2.24) is 5.48 Å². The maximum absolute atomic E-state index is 12.9. The van der Waals surface area contributed by atoms with Gasteiger partial charge < -0.3 is 10.3 Å². The quantitative estimate of drug-likeness (QED) is 0.630. The van der Waals surface area contributed by atoms with E-state index in [1.807, 2.05) is 5.48 Å². The van der Waals surface area contributed by atoms with Crippen LogP contribution in [0.3, 0.4) is 0 Å². The Morgan fingerprint density at radius 1 is 1.54 bits per heavy atom. The number of alkyl halides is 1. The van der Waals surface area contributed by atoms with Gasteiger partial charge >= 0.3 is 0 Å². The van der Waals surface area contributed by atoms with Gasteiger partial charge in [0.25, 0.3) is 0 Å². The summed E-state index contributed by atoms with van der Waals surface area (Å²) in [5.74, 6) is -0.0586. The first-order valence-electron chi connectivity index (χ1n) is 3.98. The minimum atomic E-state index is -1.21. The van der Waals surface area contributed by atoms with Crippen LogP contribution in [0, 0.1) is 0 Å². The van der Waals surface area contributed by atoms with Crippen molar-refractivity contribution in [3.05, 3.63) is 29.3 Å². The van der Waals surface area contributed by atoms with Crippen molar-refractivity contribution in [3.63, 3.8) is 0 Å². The topological polar surface area (TPSA) is 52.5 Å². The minimum Gasteiger partial charge on any atom is -0.508 e. The molecule has 0 bridgehead atoms. The Kier molecular flexibility index (Phi) is 3.22. The monoisotopic (exact) mass is 185 g/mol. The first-order chi connectivity index (χ1) is 6.15. The number of aromatic hydroxyl groups is 1. The molecule has 1 aromatic rings. The number of hydrogen-bond acceptors (Lipinski definition) is 3. The van der Waals surface area contributed by atoms with Crippen molar-refractivity contribution < 1.29 is 14.7 Å². The lowest BCUT2D eigenvalue weighted by atomic mass is 10.1. The number of hydrogen-bond donors (Lipinski definition) is 3. The second-order valence-electron chi connectivity index (χ2n) is 2.84. The lowest BCUT2D eigenvalue weighted by Gasteiger charge is -2.07. The predicted molar refractivity (Wildman–Crippen MR) is 46.3 cm³/mol. The largest absolute Gasteiger partial charge is 0.508 e. The maximum atomic E-state index is 12.9. The molecule has 4 heteroatoms. The molecule has 1 unspecified atom stereocenters. The highest BCUT2D eigenvalue weighted by atomic mass is 19.1. The molecule has 3 N–H and O–H groups in total. The normalized spacial score (nSPS) is 12.8. The van der Waals surface area contributed by atoms with Gasteiger partial charge in [0.05, 0.1) is 0 Å². The fourth-order valence-corrected chi connectivity index (χ4v) is 1.12. The molecule has 72 valence electrons. The van der Waals surface area contributed by atoms with E-state index in [9.17, 15) is 9.50 Å². The van der Waals surface area contributed by atoms with Crippen LogP contribution < -0.4 is 5.48 Å². The van der Waals surface area contributed by atoms with Gasteiger partial charge in [0.1, 0.15) is 11.9 Å². The van der Waals surface area contributed by atoms with E-state index >= 15 is 0 Å². The first kappa shape index (κ1) is 9.95. The summed E-state index contributed by atoms with van der Waals surface area (Å²) in [6, 6.07) is 4.55. The molecule has 1 atom stereocenters. The number of phenolic OH excluding ortho intramolecular Hbond substituents is 1. The maximum Gasteiger partial charge on any atom is 0.126 e. The lowest BCUT2D eigenvalue weighted by Crippen LogP contribution is -2.06. The molecule has 0 aliphatic heterocycles. The highest BCUT2D eigenvalue weighted by molar-refractivity contribution is 5.37. The van der Waals surface area contributed by atoms with Crippen LogP contribution in [0.15, 0.2) is 18.2 Å². The van der Waals surface area contributed by atoms with Gasteiger partial charge in [0.2, 0.25) is 0 Å². The van der Waals surface area contributed by atoms with Gasteiger partial charge in [0.15, 0.2) is 0 Å². The van der Waals surface area contributed by atoms with E-state index < -0.39 is 6.17 Å². The number of halogens is 1. The molecule has 0 spiro atoms. The van der Waals surface area contributed by atoms with E-state index in [0.717, 1.165) is 5.56 Å². The molecule has 1 rings (SSSR count). The SMILES string of the molecule is CC(F)c1cc(CNO)ccc1O. The van der Waals surface area contributed by atoms with Gasteiger partial charge in [-0.25, -0.2) is 9.87 Å². The fraction of sp³-hybridized carbons (Fsp3) is 0.333. The number of hydroxylamine groups is 1. The molecule has 0 aromatic heterocycles. The van der Waals surface area contributed by atoms with E-state index in [1.165, 1.54) is 19.1 Å². The molecule has 0 saturated carbocycles. The van der Waals surface area contributed by atoms with Crippen molar-refractivity contribution in [2.24, 2.45) is 0 Å². The van der Waals surface area contributed by atoms with Gasteiger partial charge in [-0.1, -0.05) is 6.07 Å². The highest BCUT2D eigenvalue weighted by Crippen LogP contribution is 2.27. The zero-order valence-corrected chi connectivity index (χ0v) is 7.29. The summed E-state index contributed by atoms with van der Waals surface area (Å²) in [6.07, 6.45) is -1.21. The van der Waals surface area contributed by atoms with Gasteiger partial charge in [-0.2, -0.15) is 0 Å². The third-order valence-electron chi connectivity index (χ3n) is 1.80. The van der Waals surface area contributed by atoms with E-state index in [4.69, 9.17) is 5.21 Å². The predicted octanol–water partition coefficient (Wildman–Crippen LogP) is 1.90. The second-order valence-corrected chi connectivity index (χ2v) is 2.84. The van der Waals surface area contributed by atoms with Crippen molar-refractivity contribution in [3.8, 4) is 5.75 Å².